The molecule has 3 rings (SSSR count). The standard InChI is InChI=1S/C23H31N3O7S2/c1-17-8-10-20(32-2)19(14-17)26(34(4,28)29)16-23(27)24-18-9-11-21(33-3)22(15-18)35(30,31)25-12-6-5-7-13-25/h8-11,14-15H,5-7,12-13,16H2,1-4H3,(H,24,27). The fourth-order valence-electron chi connectivity index (χ4n) is 3.91. The number of nitrogens with zero attached hydrogens (tertiary/aromatic N) is 2. The molecule has 10 nitrogen and oxygen atoms in total. The number of anilines is 2. The first kappa shape index (κ1) is 26.8. The Hall–Kier alpha value is -2.83. The molecule has 0 bridgehead atoms. The van der Waals surface area contributed by atoms with E-state index in [0.717, 1.165) is 35.4 Å². The van der Waals surface area contributed by atoms with Crippen LogP contribution < -0.4 is 19.1 Å². The quantitative estimate of drug-likeness (QED) is 0.534. The molecule has 2 aromatic rings. The van der Waals surface area contributed by atoms with Gasteiger partial charge in [0.1, 0.15) is 22.9 Å². The summed E-state index contributed by atoms with van der Waals surface area (Å²) in [6.07, 6.45) is 3.53. The summed E-state index contributed by atoms with van der Waals surface area (Å²) in [5.74, 6) is -0.186. The van der Waals surface area contributed by atoms with Crippen LogP contribution in [0.3, 0.4) is 0 Å². The Labute approximate surface area is 206 Å². The molecule has 0 aromatic heterocycles. The van der Waals surface area contributed by atoms with E-state index in [1.807, 2.05) is 0 Å². The molecule has 0 radical (unpaired) electrons. The van der Waals surface area contributed by atoms with Crippen LogP contribution in [0.5, 0.6) is 11.5 Å². The minimum Gasteiger partial charge on any atom is -0.495 e. The average molecular weight is 526 g/mol. The molecular weight excluding hydrogens is 494 g/mol. The lowest BCUT2D eigenvalue weighted by atomic mass is 10.2. The van der Waals surface area contributed by atoms with Crippen LogP contribution in [0, 0.1) is 6.92 Å². The minimum absolute atomic E-state index is 0.0555. The maximum absolute atomic E-state index is 13.2. The minimum atomic E-state index is -3.84. The Morgan fingerprint density at radius 1 is 0.971 bits per heavy atom. The second kappa shape index (κ2) is 10.8. The summed E-state index contributed by atoms with van der Waals surface area (Å²) in [7, 11) is -4.88. The molecule has 35 heavy (non-hydrogen) atoms. The van der Waals surface area contributed by atoms with Crippen molar-refractivity contribution in [1.29, 1.82) is 0 Å². The van der Waals surface area contributed by atoms with E-state index in [1.54, 1.807) is 25.1 Å². The van der Waals surface area contributed by atoms with Crippen molar-refractivity contribution in [2.45, 2.75) is 31.1 Å². The highest BCUT2D eigenvalue weighted by molar-refractivity contribution is 7.92. The zero-order valence-electron chi connectivity index (χ0n) is 20.3. The predicted octanol–water partition coefficient (Wildman–Crippen LogP) is 2.59. The monoisotopic (exact) mass is 525 g/mol. The van der Waals surface area contributed by atoms with Crippen LogP contribution in [0.25, 0.3) is 0 Å². The third-order valence-corrected chi connectivity index (χ3v) is 8.72. The number of carbonyl (C=O) groups excluding carboxylic acids is 1. The highest BCUT2D eigenvalue weighted by Crippen LogP contribution is 2.32. The van der Waals surface area contributed by atoms with Crippen molar-refractivity contribution in [2.24, 2.45) is 0 Å². The van der Waals surface area contributed by atoms with Crippen molar-refractivity contribution in [3.05, 3.63) is 42.0 Å². The van der Waals surface area contributed by atoms with Gasteiger partial charge in [0.05, 0.1) is 26.2 Å². The van der Waals surface area contributed by atoms with Gasteiger partial charge in [-0.15, -0.1) is 0 Å². The lowest BCUT2D eigenvalue weighted by Gasteiger charge is -2.27. The third-order valence-electron chi connectivity index (χ3n) is 5.67. The van der Waals surface area contributed by atoms with Crippen LogP contribution in [0.4, 0.5) is 11.4 Å². The van der Waals surface area contributed by atoms with E-state index in [0.29, 0.717) is 18.8 Å². The van der Waals surface area contributed by atoms with Gasteiger partial charge in [0, 0.05) is 18.8 Å². The van der Waals surface area contributed by atoms with E-state index < -0.39 is 32.5 Å². The van der Waals surface area contributed by atoms with Crippen LogP contribution in [-0.2, 0) is 24.8 Å². The largest absolute Gasteiger partial charge is 0.495 e. The van der Waals surface area contributed by atoms with Gasteiger partial charge in [-0.2, -0.15) is 4.31 Å². The first-order valence-electron chi connectivity index (χ1n) is 11.1. The molecule has 1 saturated heterocycles. The van der Waals surface area contributed by atoms with Gasteiger partial charge in [-0.1, -0.05) is 12.5 Å². The number of hydrogen-bond acceptors (Lipinski definition) is 7. The van der Waals surface area contributed by atoms with Crippen LogP contribution in [0.1, 0.15) is 24.8 Å². The van der Waals surface area contributed by atoms with Crippen molar-refractivity contribution in [1.82, 2.24) is 4.31 Å². The predicted molar refractivity (Wildman–Crippen MR) is 134 cm³/mol. The number of rotatable bonds is 9. The molecule has 0 spiro atoms. The van der Waals surface area contributed by atoms with Gasteiger partial charge in [-0.3, -0.25) is 9.10 Å². The van der Waals surface area contributed by atoms with Crippen molar-refractivity contribution in [3.8, 4) is 11.5 Å². The maximum atomic E-state index is 13.2. The summed E-state index contributed by atoms with van der Waals surface area (Å²) in [5.41, 5.74) is 1.22. The fourth-order valence-corrected chi connectivity index (χ4v) is 6.46. The van der Waals surface area contributed by atoms with Crippen molar-refractivity contribution in [3.63, 3.8) is 0 Å². The van der Waals surface area contributed by atoms with Gasteiger partial charge in [0.2, 0.25) is 26.0 Å². The number of nitrogens with one attached hydrogen (secondary N) is 1. The number of amides is 1. The molecule has 0 atom stereocenters. The van der Waals surface area contributed by atoms with Gasteiger partial charge in [0.15, 0.2) is 0 Å². The molecular formula is C23H31N3O7S2. The number of ether oxygens (including phenoxy) is 2. The average Bonchev–Trinajstić information content (AvgIpc) is 2.82. The number of carbonyl (C=O) groups is 1. The number of aryl methyl sites for hydroxylation is 1. The molecule has 1 aliphatic rings. The smallest absolute Gasteiger partial charge is 0.246 e. The lowest BCUT2D eigenvalue weighted by Crippen LogP contribution is -2.38. The van der Waals surface area contributed by atoms with Gasteiger partial charge in [-0.05, 0) is 55.7 Å². The van der Waals surface area contributed by atoms with Crippen LogP contribution in [0.15, 0.2) is 41.3 Å². The van der Waals surface area contributed by atoms with E-state index >= 15 is 0 Å². The lowest BCUT2D eigenvalue weighted by molar-refractivity contribution is -0.114. The summed E-state index contributed by atoms with van der Waals surface area (Å²) in [5, 5.41) is 2.61. The molecule has 2 aromatic carbocycles. The first-order valence-corrected chi connectivity index (χ1v) is 14.4. The SMILES string of the molecule is COc1ccc(C)cc1N(CC(=O)Nc1ccc(OC)c(S(=O)(=O)N2CCCCC2)c1)S(C)(=O)=O. The van der Waals surface area contributed by atoms with Gasteiger partial charge in [0.25, 0.3) is 0 Å². The van der Waals surface area contributed by atoms with E-state index in [-0.39, 0.29) is 22.0 Å². The van der Waals surface area contributed by atoms with Crippen LogP contribution in [0.2, 0.25) is 0 Å². The number of hydrogen-bond donors (Lipinski definition) is 1. The Balaban J connectivity index is 1.89. The maximum Gasteiger partial charge on any atom is 0.246 e. The third kappa shape index (κ3) is 6.24. The molecule has 12 heteroatoms. The number of benzene rings is 2. The second-order valence-electron chi connectivity index (χ2n) is 8.32. The molecule has 192 valence electrons. The van der Waals surface area contributed by atoms with Gasteiger partial charge >= 0.3 is 0 Å². The van der Waals surface area contributed by atoms with E-state index in [1.165, 1.54) is 36.7 Å². The second-order valence-corrected chi connectivity index (χ2v) is 12.1. The zero-order valence-corrected chi connectivity index (χ0v) is 21.9. The normalized spacial score (nSPS) is 14.9. The summed E-state index contributed by atoms with van der Waals surface area (Å²) < 4.78 is 64.4. The molecule has 0 unspecified atom stereocenters. The summed E-state index contributed by atoms with van der Waals surface area (Å²) in [6.45, 7) is 2.11. The van der Waals surface area contributed by atoms with Crippen molar-refractivity contribution in [2.75, 3.05) is 49.7 Å². The summed E-state index contributed by atoms with van der Waals surface area (Å²) in [6, 6.07) is 9.31. The van der Waals surface area contributed by atoms with Crippen LogP contribution in [-0.4, -0.2) is 67.2 Å². The molecule has 1 N–H and O–H groups in total. The molecule has 1 amide bonds. The van der Waals surface area contributed by atoms with E-state index in [4.69, 9.17) is 9.47 Å². The Kier molecular flexibility index (Phi) is 8.29. The van der Waals surface area contributed by atoms with E-state index in [2.05, 4.69) is 5.32 Å². The highest BCUT2D eigenvalue weighted by Gasteiger charge is 2.30. The Bertz CT molecular complexity index is 1290. The number of piperidine rings is 1. The molecule has 1 fully saturated rings. The topological polar surface area (TPSA) is 122 Å². The fraction of sp³-hybridized carbons (Fsp3) is 0.435. The molecule has 0 aliphatic carbocycles. The molecule has 0 saturated carbocycles. The van der Waals surface area contributed by atoms with Crippen molar-refractivity contribution >= 4 is 37.3 Å². The van der Waals surface area contributed by atoms with E-state index in [9.17, 15) is 21.6 Å². The summed E-state index contributed by atoms with van der Waals surface area (Å²) in [4.78, 5) is 12.8. The van der Waals surface area contributed by atoms with Crippen LogP contribution >= 0.6 is 0 Å². The molecule has 1 aliphatic heterocycles. The molecule has 1 heterocycles. The highest BCUT2D eigenvalue weighted by atomic mass is 32.2. The van der Waals surface area contributed by atoms with Gasteiger partial charge in [-0.25, -0.2) is 16.8 Å². The number of sulfonamides is 2. The first-order chi connectivity index (χ1) is 16.5. The summed E-state index contributed by atoms with van der Waals surface area (Å²) >= 11 is 0. The number of methoxy groups -OCH3 is 2. The Morgan fingerprint density at radius 3 is 2.20 bits per heavy atom. The zero-order chi connectivity index (χ0) is 25.8. The van der Waals surface area contributed by atoms with Crippen molar-refractivity contribution < 1.29 is 31.1 Å². The Morgan fingerprint density at radius 2 is 1.60 bits per heavy atom. The van der Waals surface area contributed by atoms with Gasteiger partial charge < -0.3 is 14.8 Å².